The van der Waals surface area contributed by atoms with Crippen LogP contribution in [-0.4, -0.2) is 47.7 Å². The Morgan fingerprint density at radius 1 is 1.46 bits per heavy atom. The minimum absolute atomic E-state index is 0.219. The van der Waals surface area contributed by atoms with Gasteiger partial charge >= 0.3 is 7.12 Å². The predicted molar refractivity (Wildman–Crippen MR) is 101 cm³/mol. The minimum atomic E-state index is -0.977. The van der Waals surface area contributed by atoms with E-state index in [4.69, 9.17) is 15.1 Å². The first-order valence-electron chi connectivity index (χ1n) is 9.12. The fourth-order valence-electron chi connectivity index (χ4n) is 3.61. The number of aromatic nitrogens is 2. The van der Waals surface area contributed by atoms with Crippen LogP contribution >= 0.6 is 0 Å². The summed E-state index contributed by atoms with van der Waals surface area (Å²) < 4.78 is 12.3. The van der Waals surface area contributed by atoms with Crippen molar-refractivity contribution in [2.24, 2.45) is 11.7 Å². The van der Waals surface area contributed by atoms with Crippen LogP contribution < -0.4 is 16.5 Å². The third-order valence-electron chi connectivity index (χ3n) is 5.15. The van der Waals surface area contributed by atoms with E-state index in [1.165, 1.54) is 0 Å². The Hall–Kier alpha value is -2.87. The molecule has 0 bridgehead atoms. The van der Waals surface area contributed by atoms with E-state index in [1.807, 2.05) is 12.1 Å². The fourth-order valence-corrected chi connectivity index (χ4v) is 3.61. The van der Waals surface area contributed by atoms with Crippen LogP contribution in [0.25, 0.3) is 0 Å². The lowest BCUT2D eigenvalue weighted by Crippen LogP contribution is -2.41. The van der Waals surface area contributed by atoms with Gasteiger partial charge in [-0.15, -0.1) is 0 Å². The zero-order valence-electron chi connectivity index (χ0n) is 15.2. The molecule has 2 aliphatic heterocycles. The van der Waals surface area contributed by atoms with Gasteiger partial charge in [0.2, 0.25) is 0 Å². The quantitative estimate of drug-likeness (QED) is 0.639. The highest BCUT2D eigenvalue weighted by molar-refractivity contribution is 6.61. The summed E-state index contributed by atoms with van der Waals surface area (Å²) in [7, 11) is -0.977. The van der Waals surface area contributed by atoms with Gasteiger partial charge in [-0.1, -0.05) is 6.07 Å². The van der Waals surface area contributed by atoms with Crippen molar-refractivity contribution in [3.8, 4) is 6.07 Å². The Balaban J connectivity index is 1.64. The molecular formula is C18H20BN5O4. The molecule has 2 aliphatic rings. The molecule has 0 saturated carbocycles. The number of hydrogen-bond donors (Lipinski definition) is 3. The van der Waals surface area contributed by atoms with Crippen molar-refractivity contribution in [3.63, 3.8) is 0 Å². The molecule has 0 unspecified atom stereocenters. The van der Waals surface area contributed by atoms with Crippen molar-refractivity contribution < 1.29 is 19.2 Å². The number of nitriles is 1. The van der Waals surface area contributed by atoms with E-state index < -0.39 is 13.0 Å². The van der Waals surface area contributed by atoms with Gasteiger partial charge < -0.3 is 25.5 Å². The number of carbonyl (C=O) groups is 1. The topological polar surface area (TPSA) is 135 Å². The smallest absolute Gasteiger partial charge is 0.423 e. The maximum absolute atomic E-state index is 11.9. The number of carbonyl (C=O) groups excluding carboxylic acids is 1. The largest absolute Gasteiger partial charge is 0.491 e. The SMILES string of the molecule is N#C[C@@H]1CCOC[C@H]1n1cc(C(N)=O)c(Nc2ccc3c(c2)B(O)OCC3)n1. The molecular weight excluding hydrogens is 361 g/mol. The molecule has 0 spiro atoms. The number of nitrogens with two attached hydrogens (primary N) is 1. The number of anilines is 2. The molecule has 28 heavy (non-hydrogen) atoms. The van der Waals surface area contributed by atoms with Crippen molar-refractivity contribution >= 4 is 30.0 Å². The van der Waals surface area contributed by atoms with Gasteiger partial charge in [0.1, 0.15) is 5.56 Å². The molecule has 1 aromatic carbocycles. The van der Waals surface area contributed by atoms with Crippen molar-refractivity contribution in [2.45, 2.75) is 18.9 Å². The first-order valence-corrected chi connectivity index (χ1v) is 9.12. The maximum Gasteiger partial charge on any atom is 0.491 e. The van der Waals surface area contributed by atoms with Crippen LogP contribution in [0.4, 0.5) is 11.5 Å². The Kier molecular flexibility index (Phi) is 5.04. The number of fused-ring (bicyclic) bond motifs is 1. The monoisotopic (exact) mass is 381 g/mol. The van der Waals surface area contributed by atoms with E-state index in [-0.39, 0.29) is 17.5 Å². The molecule has 10 heteroatoms. The normalized spacial score (nSPS) is 21.6. The fraction of sp³-hybridized carbons (Fsp3) is 0.389. The third-order valence-corrected chi connectivity index (χ3v) is 5.15. The molecule has 9 nitrogen and oxygen atoms in total. The summed E-state index contributed by atoms with van der Waals surface area (Å²) in [5.41, 5.74) is 8.08. The summed E-state index contributed by atoms with van der Waals surface area (Å²) in [6.07, 6.45) is 2.88. The van der Waals surface area contributed by atoms with Crippen LogP contribution in [0.15, 0.2) is 24.4 Å². The van der Waals surface area contributed by atoms with Crippen molar-refractivity contribution in [1.29, 1.82) is 5.26 Å². The van der Waals surface area contributed by atoms with Gasteiger partial charge in [-0.2, -0.15) is 10.4 Å². The standard InChI is InChI=1S/C18H20BN5O4/c20-8-12-3-5-27-10-16(12)24-9-14(17(21)25)18(23-24)22-13-2-1-11-4-6-28-19(26)15(11)7-13/h1-2,7,9,12,16,26H,3-6,10H2,(H2,21,25)(H,22,23)/t12-,16+/m0/s1. The minimum Gasteiger partial charge on any atom is -0.423 e. The number of ether oxygens (including phenoxy) is 1. The summed E-state index contributed by atoms with van der Waals surface area (Å²) in [5, 5.41) is 27.0. The summed E-state index contributed by atoms with van der Waals surface area (Å²) >= 11 is 0. The maximum atomic E-state index is 11.9. The zero-order chi connectivity index (χ0) is 19.7. The molecule has 1 amide bonds. The van der Waals surface area contributed by atoms with Gasteiger partial charge in [0.25, 0.3) is 5.91 Å². The lowest BCUT2D eigenvalue weighted by molar-refractivity contribution is 0.0342. The summed E-state index contributed by atoms with van der Waals surface area (Å²) in [5.74, 6) is -0.584. The second-order valence-electron chi connectivity index (χ2n) is 6.91. The average molecular weight is 381 g/mol. The Morgan fingerprint density at radius 3 is 3.11 bits per heavy atom. The van der Waals surface area contributed by atoms with E-state index in [2.05, 4.69) is 16.5 Å². The van der Waals surface area contributed by atoms with Crippen LogP contribution in [0.2, 0.25) is 0 Å². The van der Waals surface area contributed by atoms with Gasteiger partial charge in [0, 0.05) is 25.1 Å². The number of amides is 1. The van der Waals surface area contributed by atoms with Gasteiger partial charge in [0.05, 0.1) is 24.6 Å². The van der Waals surface area contributed by atoms with E-state index in [1.54, 1.807) is 16.9 Å². The second kappa shape index (κ2) is 7.63. The molecule has 1 saturated heterocycles. The Labute approximate surface area is 162 Å². The van der Waals surface area contributed by atoms with Crippen molar-refractivity contribution in [3.05, 3.63) is 35.5 Å². The second-order valence-corrected chi connectivity index (χ2v) is 6.91. The molecule has 2 atom stereocenters. The summed E-state index contributed by atoms with van der Waals surface area (Å²) in [6, 6.07) is 7.52. The van der Waals surface area contributed by atoms with Gasteiger partial charge in [-0.05, 0) is 36.0 Å². The zero-order valence-corrected chi connectivity index (χ0v) is 15.2. The number of hydrogen-bond acceptors (Lipinski definition) is 7. The van der Waals surface area contributed by atoms with Crippen LogP contribution in [0.1, 0.15) is 28.4 Å². The van der Waals surface area contributed by atoms with Crippen LogP contribution in [0, 0.1) is 17.2 Å². The van der Waals surface area contributed by atoms with E-state index in [0.717, 1.165) is 12.0 Å². The predicted octanol–water partition coefficient (Wildman–Crippen LogP) is 0.0870. The average Bonchev–Trinajstić information content (AvgIpc) is 3.12. The molecule has 3 heterocycles. The van der Waals surface area contributed by atoms with E-state index in [0.29, 0.717) is 43.2 Å². The summed E-state index contributed by atoms with van der Waals surface area (Å²) in [6.45, 7) is 1.35. The number of nitrogens with one attached hydrogen (secondary N) is 1. The van der Waals surface area contributed by atoms with Gasteiger partial charge in [-0.3, -0.25) is 9.48 Å². The molecule has 0 aliphatic carbocycles. The first-order chi connectivity index (χ1) is 13.6. The first kappa shape index (κ1) is 18.5. The Bertz CT molecular complexity index is 941. The number of rotatable bonds is 4. The lowest BCUT2D eigenvalue weighted by Gasteiger charge is -2.26. The Morgan fingerprint density at radius 2 is 2.32 bits per heavy atom. The number of benzene rings is 1. The lowest BCUT2D eigenvalue weighted by atomic mass is 9.73. The molecule has 0 radical (unpaired) electrons. The van der Waals surface area contributed by atoms with Crippen LogP contribution in [-0.2, 0) is 15.8 Å². The molecule has 144 valence electrons. The molecule has 1 aromatic heterocycles. The third kappa shape index (κ3) is 3.47. The number of primary amides is 1. The molecule has 4 N–H and O–H groups in total. The van der Waals surface area contributed by atoms with E-state index in [9.17, 15) is 15.1 Å². The molecule has 1 fully saturated rings. The number of nitrogens with zero attached hydrogens (tertiary/aromatic N) is 3. The van der Waals surface area contributed by atoms with Gasteiger partial charge in [0.15, 0.2) is 5.82 Å². The van der Waals surface area contributed by atoms with Crippen molar-refractivity contribution in [1.82, 2.24) is 9.78 Å². The highest BCUT2D eigenvalue weighted by Crippen LogP contribution is 2.28. The highest BCUT2D eigenvalue weighted by atomic mass is 16.5. The van der Waals surface area contributed by atoms with E-state index >= 15 is 0 Å². The van der Waals surface area contributed by atoms with Gasteiger partial charge in [-0.25, -0.2) is 0 Å². The van der Waals surface area contributed by atoms with Crippen LogP contribution in [0.5, 0.6) is 0 Å². The highest BCUT2D eigenvalue weighted by Gasteiger charge is 2.30. The molecule has 4 rings (SSSR count). The summed E-state index contributed by atoms with van der Waals surface area (Å²) in [4.78, 5) is 11.9. The molecule has 2 aromatic rings. The van der Waals surface area contributed by atoms with Crippen molar-refractivity contribution in [2.75, 3.05) is 25.1 Å². The van der Waals surface area contributed by atoms with Crippen LogP contribution in [0.3, 0.4) is 0 Å².